The molecule has 0 bridgehead atoms. The van der Waals surface area contributed by atoms with Gasteiger partial charge in [0.05, 0.1) is 0 Å². The van der Waals surface area contributed by atoms with Crippen molar-refractivity contribution in [2.24, 2.45) is 0 Å². The van der Waals surface area contributed by atoms with Crippen LogP contribution in [0.1, 0.15) is 12.0 Å². The molecule has 62 valence electrons. The molecule has 0 unspecified atom stereocenters. The molecule has 1 rings (SSSR count). The van der Waals surface area contributed by atoms with Crippen LogP contribution >= 0.6 is 28.6 Å². The minimum Gasteiger partial charge on any atom is -0.143 e. The van der Waals surface area contributed by atoms with E-state index in [1.807, 2.05) is 24.3 Å². The van der Waals surface area contributed by atoms with Crippen LogP contribution in [0.3, 0.4) is 0 Å². The predicted octanol–water partition coefficient (Wildman–Crippen LogP) is 3.11. The summed E-state index contributed by atoms with van der Waals surface area (Å²) in [6.45, 7) is 0. The van der Waals surface area contributed by atoms with Gasteiger partial charge in [-0.15, -0.1) is 12.6 Å². The van der Waals surface area contributed by atoms with Gasteiger partial charge in [0.15, 0.2) is 0 Å². The van der Waals surface area contributed by atoms with Gasteiger partial charge in [-0.1, -0.05) is 27.8 Å². The predicted molar refractivity (Wildman–Crippen MR) is 59.0 cm³/mol. The Bertz CT molecular complexity index is 292. The third-order valence-corrected chi connectivity index (χ3v) is 2.01. The fourth-order valence-electron chi connectivity index (χ4n) is 0.757. The van der Waals surface area contributed by atoms with Crippen LogP contribution in [0.5, 0.6) is 0 Å². The average Bonchev–Trinajstić information content (AvgIpc) is 2.09. The fraction of sp³-hybridized carbons (Fsp3) is 0.200. The summed E-state index contributed by atoms with van der Waals surface area (Å²) in [5, 5.41) is 0.935. The van der Waals surface area contributed by atoms with Crippen molar-refractivity contribution in [2.75, 3.05) is 5.33 Å². The Kier molecular flexibility index (Phi) is 4.27. The maximum Gasteiger partial charge on any atom is 0.0246 e. The first-order valence-corrected chi connectivity index (χ1v) is 5.23. The van der Waals surface area contributed by atoms with E-state index < -0.39 is 0 Å². The van der Waals surface area contributed by atoms with Gasteiger partial charge in [-0.2, -0.15) is 0 Å². The zero-order chi connectivity index (χ0) is 8.81. The molecule has 0 nitrogen and oxygen atoms in total. The summed E-state index contributed by atoms with van der Waals surface area (Å²) in [7, 11) is 0. The smallest absolute Gasteiger partial charge is 0.0246 e. The van der Waals surface area contributed by atoms with Crippen LogP contribution in [-0.4, -0.2) is 5.33 Å². The number of alkyl halides is 1. The first-order valence-electron chi connectivity index (χ1n) is 3.67. The Morgan fingerprint density at radius 1 is 1.25 bits per heavy atom. The van der Waals surface area contributed by atoms with Crippen LogP contribution in [0, 0.1) is 11.8 Å². The first kappa shape index (κ1) is 9.70. The van der Waals surface area contributed by atoms with E-state index >= 15 is 0 Å². The van der Waals surface area contributed by atoms with Crippen molar-refractivity contribution < 1.29 is 0 Å². The van der Waals surface area contributed by atoms with E-state index in [1.165, 1.54) is 0 Å². The second kappa shape index (κ2) is 5.29. The van der Waals surface area contributed by atoms with Crippen molar-refractivity contribution in [3.05, 3.63) is 29.8 Å². The molecular formula is C10H9BrS. The molecule has 2 heteroatoms. The van der Waals surface area contributed by atoms with E-state index in [4.69, 9.17) is 0 Å². The SMILES string of the molecule is Sc1ccc(C#CCCBr)cc1. The highest BCUT2D eigenvalue weighted by molar-refractivity contribution is 9.09. The number of halogens is 1. The van der Waals surface area contributed by atoms with Crippen LogP contribution in [0.25, 0.3) is 0 Å². The molecule has 1 aromatic carbocycles. The second-order valence-electron chi connectivity index (χ2n) is 2.29. The third-order valence-electron chi connectivity index (χ3n) is 1.32. The van der Waals surface area contributed by atoms with Gasteiger partial charge in [0.1, 0.15) is 0 Å². The Hall–Kier alpha value is -0.390. The summed E-state index contributed by atoms with van der Waals surface area (Å²) in [5.41, 5.74) is 1.05. The van der Waals surface area contributed by atoms with Gasteiger partial charge >= 0.3 is 0 Å². The van der Waals surface area contributed by atoms with Gasteiger partial charge in [-0.05, 0) is 24.3 Å². The van der Waals surface area contributed by atoms with E-state index in [2.05, 4.69) is 40.4 Å². The van der Waals surface area contributed by atoms with Crippen LogP contribution in [-0.2, 0) is 0 Å². The third kappa shape index (κ3) is 3.34. The Morgan fingerprint density at radius 2 is 1.92 bits per heavy atom. The Balaban J connectivity index is 2.66. The molecule has 0 aliphatic rings. The first-order chi connectivity index (χ1) is 5.83. The molecule has 0 aliphatic carbocycles. The lowest BCUT2D eigenvalue weighted by Gasteiger charge is -1.90. The average molecular weight is 241 g/mol. The lowest BCUT2D eigenvalue weighted by molar-refractivity contribution is 1.32. The van der Waals surface area contributed by atoms with Crippen LogP contribution < -0.4 is 0 Å². The number of rotatable bonds is 1. The summed E-state index contributed by atoms with van der Waals surface area (Å²) in [6, 6.07) is 7.84. The summed E-state index contributed by atoms with van der Waals surface area (Å²) in [6.07, 6.45) is 0.891. The lowest BCUT2D eigenvalue weighted by Crippen LogP contribution is -1.73. The molecule has 0 radical (unpaired) electrons. The number of benzene rings is 1. The van der Waals surface area contributed by atoms with Crippen LogP contribution in [0.4, 0.5) is 0 Å². The fourth-order valence-corrected chi connectivity index (χ4v) is 1.10. The molecule has 0 spiro atoms. The molecular weight excluding hydrogens is 232 g/mol. The topological polar surface area (TPSA) is 0 Å². The summed E-state index contributed by atoms with van der Waals surface area (Å²) < 4.78 is 0. The maximum atomic E-state index is 4.19. The summed E-state index contributed by atoms with van der Waals surface area (Å²) in [4.78, 5) is 0.973. The Morgan fingerprint density at radius 3 is 2.50 bits per heavy atom. The summed E-state index contributed by atoms with van der Waals surface area (Å²) in [5.74, 6) is 6.11. The highest BCUT2D eigenvalue weighted by Crippen LogP contribution is 2.06. The molecule has 0 amide bonds. The lowest BCUT2D eigenvalue weighted by atomic mass is 10.2. The molecule has 0 atom stereocenters. The molecule has 0 fully saturated rings. The molecule has 0 N–H and O–H groups in total. The van der Waals surface area contributed by atoms with Crippen LogP contribution in [0.15, 0.2) is 29.2 Å². The van der Waals surface area contributed by atoms with Gasteiger partial charge in [0.2, 0.25) is 0 Å². The normalized spacial score (nSPS) is 8.83. The van der Waals surface area contributed by atoms with E-state index in [0.717, 1.165) is 22.2 Å². The molecule has 12 heavy (non-hydrogen) atoms. The van der Waals surface area contributed by atoms with Crippen molar-refractivity contribution in [2.45, 2.75) is 11.3 Å². The quantitative estimate of drug-likeness (QED) is 0.436. The van der Waals surface area contributed by atoms with Crippen molar-refractivity contribution in [1.29, 1.82) is 0 Å². The van der Waals surface area contributed by atoms with Crippen LogP contribution in [0.2, 0.25) is 0 Å². The van der Waals surface area contributed by atoms with Gasteiger partial charge in [0.25, 0.3) is 0 Å². The van der Waals surface area contributed by atoms with Gasteiger partial charge < -0.3 is 0 Å². The van der Waals surface area contributed by atoms with E-state index in [9.17, 15) is 0 Å². The van der Waals surface area contributed by atoms with Gasteiger partial charge in [-0.3, -0.25) is 0 Å². The van der Waals surface area contributed by atoms with Gasteiger partial charge in [0, 0.05) is 22.2 Å². The molecule has 0 heterocycles. The minimum absolute atomic E-state index is 0.891. The van der Waals surface area contributed by atoms with E-state index in [0.29, 0.717) is 0 Å². The molecule has 0 aliphatic heterocycles. The second-order valence-corrected chi connectivity index (χ2v) is 3.60. The highest BCUT2D eigenvalue weighted by Gasteiger charge is 1.85. The number of hydrogen-bond donors (Lipinski definition) is 1. The monoisotopic (exact) mass is 240 g/mol. The molecule has 0 saturated heterocycles. The zero-order valence-electron chi connectivity index (χ0n) is 6.55. The molecule has 1 aromatic rings. The van der Waals surface area contributed by atoms with E-state index in [-0.39, 0.29) is 0 Å². The Labute approximate surface area is 86.9 Å². The van der Waals surface area contributed by atoms with Crippen molar-refractivity contribution in [3.8, 4) is 11.8 Å². The van der Waals surface area contributed by atoms with Gasteiger partial charge in [-0.25, -0.2) is 0 Å². The van der Waals surface area contributed by atoms with Crippen molar-refractivity contribution in [3.63, 3.8) is 0 Å². The number of hydrogen-bond acceptors (Lipinski definition) is 1. The van der Waals surface area contributed by atoms with Crippen molar-refractivity contribution >= 4 is 28.6 Å². The molecule has 0 aromatic heterocycles. The molecule has 0 saturated carbocycles. The van der Waals surface area contributed by atoms with E-state index in [1.54, 1.807) is 0 Å². The zero-order valence-corrected chi connectivity index (χ0v) is 9.03. The summed E-state index contributed by atoms with van der Waals surface area (Å²) >= 11 is 7.51. The largest absolute Gasteiger partial charge is 0.143 e. The highest BCUT2D eigenvalue weighted by atomic mass is 79.9. The maximum absolute atomic E-state index is 4.19. The standard InChI is InChI=1S/C10H9BrS/c11-8-2-1-3-9-4-6-10(12)7-5-9/h4-7,12H,2,8H2. The van der Waals surface area contributed by atoms with Crippen molar-refractivity contribution in [1.82, 2.24) is 0 Å². The minimum atomic E-state index is 0.891. The number of thiol groups is 1.